The number of likely N-dealkylation sites (tertiary alicyclic amines) is 2. The Hall–Kier alpha value is -1.06. The molecule has 0 radical (unpaired) electrons. The fraction of sp³-hybridized carbons (Fsp3) is 0.846. The van der Waals surface area contributed by atoms with Crippen LogP contribution in [0.2, 0.25) is 0 Å². The van der Waals surface area contributed by atoms with Crippen molar-refractivity contribution in [3.63, 3.8) is 0 Å². The van der Waals surface area contributed by atoms with Gasteiger partial charge in [-0.05, 0) is 31.6 Å². The van der Waals surface area contributed by atoms with Gasteiger partial charge in [-0.3, -0.25) is 9.59 Å². The predicted molar refractivity (Wildman–Crippen MR) is 63.2 cm³/mol. The van der Waals surface area contributed by atoms with E-state index >= 15 is 0 Å². The lowest BCUT2D eigenvalue weighted by Gasteiger charge is -2.41. The van der Waals surface area contributed by atoms with Gasteiger partial charge in [-0.1, -0.05) is 6.92 Å². The second-order valence-electron chi connectivity index (χ2n) is 6.16. The molecule has 0 bridgehead atoms. The molecule has 0 aromatic heterocycles. The minimum absolute atomic E-state index is 0.267. The van der Waals surface area contributed by atoms with Gasteiger partial charge >= 0.3 is 11.8 Å². The van der Waals surface area contributed by atoms with E-state index in [0.29, 0.717) is 11.3 Å². The van der Waals surface area contributed by atoms with E-state index in [2.05, 4.69) is 6.92 Å². The molecule has 4 heteroatoms. The Morgan fingerprint density at radius 3 is 2.35 bits per heavy atom. The number of rotatable bonds is 0. The third-order valence-corrected chi connectivity index (χ3v) is 4.42. The van der Waals surface area contributed by atoms with E-state index in [9.17, 15) is 9.59 Å². The molecule has 0 N–H and O–H groups in total. The van der Waals surface area contributed by atoms with Crippen LogP contribution in [0, 0.1) is 11.3 Å². The summed E-state index contributed by atoms with van der Waals surface area (Å²) in [6.07, 6.45) is 4.69. The van der Waals surface area contributed by atoms with Crippen LogP contribution in [0.25, 0.3) is 0 Å². The summed E-state index contributed by atoms with van der Waals surface area (Å²) in [4.78, 5) is 27.5. The lowest BCUT2D eigenvalue weighted by atomic mass is 9.96. The molecular formula is C13H20N2O2. The quantitative estimate of drug-likeness (QED) is 0.585. The Morgan fingerprint density at radius 2 is 1.76 bits per heavy atom. The van der Waals surface area contributed by atoms with Crippen LogP contribution in [0.1, 0.15) is 32.6 Å². The van der Waals surface area contributed by atoms with Gasteiger partial charge in [0.1, 0.15) is 0 Å². The van der Waals surface area contributed by atoms with Crippen molar-refractivity contribution in [3.05, 3.63) is 0 Å². The Balaban J connectivity index is 1.56. The normalized spacial score (nSPS) is 30.1. The third-order valence-electron chi connectivity index (χ3n) is 4.42. The number of piperidine rings is 1. The molecule has 3 rings (SSSR count). The van der Waals surface area contributed by atoms with Crippen molar-refractivity contribution in [2.24, 2.45) is 11.3 Å². The SMILES string of the molecule is CC1CCCN(C(=O)C(=O)N2CC3(CC3)C2)C1. The van der Waals surface area contributed by atoms with Crippen molar-refractivity contribution in [1.29, 1.82) is 0 Å². The molecule has 0 aromatic carbocycles. The molecule has 1 saturated carbocycles. The highest BCUT2D eigenvalue weighted by Gasteiger charge is 2.54. The summed E-state index contributed by atoms with van der Waals surface area (Å²) in [5.74, 6) is -0.00431. The maximum absolute atomic E-state index is 12.0. The Labute approximate surface area is 102 Å². The lowest BCUT2D eigenvalue weighted by Crippen LogP contribution is -2.57. The average molecular weight is 236 g/mol. The van der Waals surface area contributed by atoms with Gasteiger partial charge in [-0.2, -0.15) is 0 Å². The van der Waals surface area contributed by atoms with Crippen LogP contribution < -0.4 is 0 Å². The maximum Gasteiger partial charge on any atom is 0.312 e. The van der Waals surface area contributed by atoms with E-state index in [-0.39, 0.29) is 11.8 Å². The smallest absolute Gasteiger partial charge is 0.312 e. The summed E-state index contributed by atoms with van der Waals surface area (Å²) in [7, 11) is 0. The molecule has 1 spiro atoms. The van der Waals surface area contributed by atoms with E-state index in [0.717, 1.165) is 32.6 Å². The molecule has 2 amide bonds. The van der Waals surface area contributed by atoms with E-state index < -0.39 is 0 Å². The van der Waals surface area contributed by atoms with Crippen LogP contribution >= 0.6 is 0 Å². The highest BCUT2D eigenvalue weighted by Crippen LogP contribution is 2.52. The van der Waals surface area contributed by atoms with Gasteiger partial charge in [0.15, 0.2) is 0 Å². The second-order valence-corrected chi connectivity index (χ2v) is 6.16. The van der Waals surface area contributed by atoms with Gasteiger partial charge < -0.3 is 9.80 Å². The summed E-state index contributed by atoms with van der Waals surface area (Å²) in [5.41, 5.74) is 0.436. The van der Waals surface area contributed by atoms with E-state index in [4.69, 9.17) is 0 Å². The minimum Gasteiger partial charge on any atom is -0.334 e. The van der Waals surface area contributed by atoms with Crippen LogP contribution in [0.15, 0.2) is 0 Å². The van der Waals surface area contributed by atoms with Gasteiger partial charge in [-0.25, -0.2) is 0 Å². The number of amides is 2. The molecule has 2 heterocycles. The number of carbonyl (C=O) groups excluding carboxylic acids is 2. The number of carbonyl (C=O) groups is 2. The Kier molecular flexibility index (Phi) is 2.42. The molecule has 1 atom stereocenters. The van der Waals surface area contributed by atoms with Crippen LogP contribution in [0.3, 0.4) is 0 Å². The predicted octanol–water partition coefficient (Wildman–Crippen LogP) is 0.867. The number of nitrogens with zero attached hydrogens (tertiary/aromatic N) is 2. The summed E-state index contributed by atoms with van der Waals surface area (Å²) in [6.45, 7) is 5.30. The van der Waals surface area contributed by atoms with Gasteiger partial charge in [-0.15, -0.1) is 0 Å². The third kappa shape index (κ3) is 1.94. The molecule has 1 unspecified atom stereocenters. The zero-order valence-corrected chi connectivity index (χ0v) is 10.4. The van der Waals surface area contributed by atoms with E-state index in [1.54, 1.807) is 9.80 Å². The van der Waals surface area contributed by atoms with Crippen molar-refractivity contribution >= 4 is 11.8 Å². The molecule has 3 aliphatic rings. The molecule has 17 heavy (non-hydrogen) atoms. The lowest BCUT2D eigenvalue weighted by molar-refractivity contribution is -0.157. The largest absolute Gasteiger partial charge is 0.334 e. The summed E-state index contributed by atoms with van der Waals surface area (Å²) in [6, 6.07) is 0. The van der Waals surface area contributed by atoms with Crippen LogP contribution in [-0.2, 0) is 9.59 Å². The van der Waals surface area contributed by atoms with Crippen molar-refractivity contribution in [3.8, 4) is 0 Å². The summed E-state index contributed by atoms with van der Waals surface area (Å²) < 4.78 is 0. The number of hydrogen-bond acceptors (Lipinski definition) is 2. The van der Waals surface area contributed by atoms with E-state index in [1.165, 1.54) is 19.3 Å². The molecule has 4 nitrogen and oxygen atoms in total. The van der Waals surface area contributed by atoms with Crippen LogP contribution in [0.4, 0.5) is 0 Å². The molecule has 94 valence electrons. The maximum atomic E-state index is 12.0. The topological polar surface area (TPSA) is 40.6 Å². The first kappa shape index (κ1) is 11.1. The molecule has 0 aromatic rings. The van der Waals surface area contributed by atoms with Crippen LogP contribution in [0.5, 0.6) is 0 Å². The standard InChI is InChI=1S/C13H20N2O2/c1-10-3-2-6-14(7-10)11(16)12(17)15-8-13(9-15)4-5-13/h10H,2-9H2,1H3. The van der Waals surface area contributed by atoms with Gasteiger partial charge in [0, 0.05) is 31.6 Å². The molecule has 2 saturated heterocycles. The summed E-state index contributed by atoms with van der Waals surface area (Å²) >= 11 is 0. The average Bonchev–Trinajstić information content (AvgIpc) is 3.05. The first-order valence-corrected chi connectivity index (χ1v) is 6.68. The second kappa shape index (κ2) is 3.72. The van der Waals surface area contributed by atoms with Crippen molar-refractivity contribution in [2.75, 3.05) is 26.2 Å². The monoisotopic (exact) mass is 236 g/mol. The molecular weight excluding hydrogens is 216 g/mol. The molecule has 3 fully saturated rings. The minimum atomic E-state index is -0.271. The zero-order valence-electron chi connectivity index (χ0n) is 10.4. The van der Waals surface area contributed by atoms with Crippen molar-refractivity contribution in [1.82, 2.24) is 9.80 Å². The molecule has 2 aliphatic heterocycles. The number of hydrogen-bond donors (Lipinski definition) is 0. The Morgan fingerprint density at radius 1 is 1.12 bits per heavy atom. The van der Waals surface area contributed by atoms with Crippen molar-refractivity contribution < 1.29 is 9.59 Å². The van der Waals surface area contributed by atoms with Crippen molar-refractivity contribution in [2.45, 2.75) is 32.6 Å². The first-order chi connectivity index (χ1) is 8.10. The highest BCUT2D eigenvalue weighted by molar-refractivity contribution is 6.35. The van der Waals surface area contributed by atoms with Gasteiger partial charge in [0.25, 0.3) is 0 Å². The fourth-order valence-corrected chi connectivity index (χ4v) is 3.04. The zero-order chi connectivity index (χ0) is 12.0. The van der Waals surface area contributed by atoms with Gasteiger partial charge in [0.05, 0.1) is 0 Å². The van der Waals surface area contributed by atoms with E-state index in [1.807, 2.05) is 0 Å². The van der Waals surface area contributed by atoms with Gasteiger partial charge in [0.2, 0.25) is 0 Å². The highest BCUT2D eigenvalue weighted by atomic mass is 16.2. The molecule has 1 aliphatic carbocycles. The Bertz CT molecular complexity index is 354. The summed E-state index contributed by atoms with van der Waals surface area (Å²) in [5, 5.41) is 0. The van der Waals surface area contributed by atoms with Crippen LogP contribution in [-0.4, -0.2) is 47.8 Å². The first-order valence-electron chi connectivity index (χ1n) is 6.68. The fourth-order valence-electron chi connectivity index (χ4n) is 3.04.